The number of nitrogens with one attached hydrogen (secondary N) is 1. The van der Waals surface area contributed by atoms with Gasteiger partial charge >= 0.3 is 0 Å². The molecule has 0 aromatic carbocycles. The molecule has 8 nitrogen and oxygen atoms in total. The fourth-order valence-corrected chi connectivity index (χ4v) is 3.04. The van der Waals surface area contributed by atoms with Crippen LogP contribution in [0.1, 0.15) is 30.0 Å². The number of hydrogen-bond acceptors (Lipinski definition) is 7. The van der Waals surface area contributed by atoms with Crippen LogP contribution in [0, 0.1) is 13.8 Å². The van der Waals surface area contributed by atoms with Crippen LogP contribution < -0.4 is 10.5 Å². The van der Waals surface area contributed by atoms with Crippen molar-refractivity contribution in [1.29, 1.82) is 0 Å². The molecular weight excluding hydrogens is 282 g/mol. The number of nitrogens with two attached hydrogens (primary N) is 1. The minimum Gasteiger partial charge on any atom is -0.368 e. The lowest BCUT2D eigenvalue weighted by Gasteiger charge is -2.13. The van der Waals surface area contributed by atoms with E-state index in [1.165, 1.54) is 0 Å². The Kier molecular flexibility index (Phi) is 3.73. The van der Waals surface area contributed by atoms with Crippen molar-refractivity contribution in [2.24, 2.45) is 0 Å². The third kappa shape index (κ3) is 2.78. The minimum atomic E-state index is -3.74. The normalized spacial score (nSPS) is 13.3. The summed E-state index contributed by atoms with van der Waals surface area (Å²) in [5.74, 6) is 0.592. The summed E-state index contributed by atoms with van der Waals surface area (Å²) in [5, 5.41) is 3.80. The van der Waals surface area contributed by atoms with Gasteiger partial charge in [-0.2, -0.15) is 0 Å². The molecule has 9 heteroatoms. The second-order valence-electron chi connectivity index (χ2n) is 4.36. The number of aromatic nitrogens is 3. The van der Waals surface area contributed by atoms with Gasteiger partial charge in [0.05, 0.1) is 18.1 Å². The zero-order chi connectivity index (χ0) is 14.9. The lowest BCUT2D eigenvalue weighted by Crippen LogP contribution is -2.27. The molecule has 0 saturated heterocycles. The average molecular weight is 297 g/mol. The highest BCUT2D eigenvalue weighted by atomic mass is 32.2. The van der Waals surface area contributed by atoms with E-state index in [1.54, 1.807) is 20.8 Å². The van der Waals surface area contributed by atoms with Crippen LogP contribution in [0.2, 0.25) is 0 Å². The van der Waals surface area contributed by atoms with Gasteiger partial charge in [-0.1, -0.05) is 5.16 Å². The van der Waals surface area contributed by atoms with E-state index in [0.717, 1.165) is 12.4 Å². The van der Waals surface area contributed by atoms with Crippen molar-refractivity contribution >= 4 is 16.0 Å². The van der Waals surface area contributed by atoms with E-state index in [1.807, 2.05) is 0 Å². The first kappa shape index (κ1) is 14.4. The van der Waals surface area contributed by atoms with Crippen molar-refractivity contribution in [3.05, 3.63) is 29.4 Å². The highest BCUT2D eigenvalue weighted by Crippen LogP contribution is 2.22. The van der Waals surface area contributed by atoms with Gasteiger partial charge in [0.1, 0.15) is 10.7 Å². The predicted molar refractivity (Wildman–Crippen MR) is 71.2 cm³/mol. The van der Waals surface area contributed by atoms with Crippen LogP contribution >= 0.6 is 0 Å². The molecule has 2 aromatic rings. The summed E-state index contributed by atoms with van der Waals surface area (Å²) in [4.78, 5) is 7.28. The van der Waals surface area contributed by atoms with Gasteiger partial charge in [0.2, 0.25) is 16.0 Å². The van der Waals surface area contributed by atoms with Crippen LogP contribution in [0.4, 0.5) is 5.95 Å². The molecule has 1 atom stereocenters. The quantitative estimate of drug-likeness (QED) is 0.851. The van der Waals surface area contributed by atoms with Gasteiger partial charge in [0.15, 0.2) is 0 Å². The molecule has 0 aliphatic rings. The topological polar surface area (TPSA) is 124 Å². The van der Waals surface area contributed by atoms with Gasteiger partial charge in [-0.05, 0) is 20.8 Å². The van der Waals surface area contributed by atoms with E-state index >= 15 is 0 Å². The van der Waals surface area contributed by atoms with E-state index < -0.39 is 16.1 Å². The lowest BCUT2D eigenvalue weighted by atomic mass is 10.1. The van der Waals surface area contributed by atoms with Crippen LogP contribution in [0.25, 0.3) is 0 Å². The number of sulfonamides is 1. The molecule has 0 aliphatic heterocycles. The van der Waals surface area contributed by atoms with Crippen molar-refractivity contribution in [1.82, 2.24) is 19.8 Å². The van der Waals surface area contributed by atoms with Gasteiger partial charge in [0.25, 0.3) is 0 Å². The summed E-state index contributed by atoms with van der Waals surface area (Å²) in [6, 6.07) is -0.483. The van der Waals surface area contributed by atoms with Crippen LogP contribution in [0.15, 0.2) is 21.8 Å². The SMILES string of the molecule is Cc1noc(C)c1C(C)NS(=O)(=O)c1cnc(N)nc1. The maximum absolute atomic E-state index is 12.2. The van der Waals surface area contributed by atoms with Gasteiger partial charge in [-0.3, -0.25) is 0 Å². The third-order valence-corrected chi connectivity index (χ3v) is 4.31. The van der Waals surface area contributed by atoms with E-state index in [0.29, 0.717) is 17.0 Å². The van der Waals surface area contributed by atoms with Crippen LogP contribution in [0.3, 0.4) is 0 Å². The fraction of sp³-hybridized carbons (Fsp3) is 0.364. The predicted octanol–water partition coefficient (Wildman–Crippen LogP) is 0.703. The van der Waals surface area contributed by atoms with Crippen molar-refractivity contribution in [2.75, 3.05) is 5.73 Å². The van der Waals surface area contributed by atoms with Gasteiger partial charge in [-0.25, -0.2) is 23.1 Å². The van der Waals surface area contributed by atoms with Gasteiger partial charge < -0.3 is 10.3 Å². The molecule has 0 bridgehead atoms. The summed E-state index contributed by atoms with van der Waals surface area (Å²) in [6.45, 7) is 5.19. The molecule has 0 amide bonds. The second-order valence-corrected chi connectivity index (χ2v) is 6.07. The first-order chi connectivity index (χ1) is 9.31. The Balaban J connectivity index is 2.27. The molecule has 108 valence electrons. The molecule has 1 unspecified atom stereocenters. The Labute approximate surface area is 116 Å². The Hall–Kier alpha value is -2.00. The molecule has 0 spiro atoms. The highest BCUT2D eigenvalue weighted by Gasteiger charge is 2.23. The second kappa shape index (κ2) is 5.17. The van der Waals surface area contributed by atoms with Gasteiger partial charge in [0, 0.05) is 11.6 Å². The number of nitrogen functional groups attached to an aromatic ring is 1. The standard InChI is InChI=1S/C11H15N5O3S/c1-6-10(8(3)19-15-6)7(2)16-20(17,18)9-4-13-11(12)14-5-9/h4-5,7,16H,1-3H3,(H2,12,13,14). The van der Waals surface area contributed by atoms with E-state index in [-0.39, 0.29) is 10.8 Å². The van der Waals surface area contributed by atoms with Crippen molar-refractivity contribution in [2.45, 2.75) is 31.7 Å². The number of anilines is 1. The maximum atomic E-state index is 12.2. The highest BCUT2D eigenvalue weighted by molar-refractivity contribution is 7.89. The van der Waals surface area contributed by atoms with E-state index in [4.69, 9.17) is 10.3 Å². The number of aryl methyl sites for hydroxylation is 2. The fourth-order valence-electron chi connectivity index (χ4n) is 1.93. The zero-order valence-corrected chi connectivity index (χ0v) is 12.1. The van der Waals surface area contributed by atoms with Crippen molar-refractivity contribution < 1.29 is 12.9 Å². The first-order valence-corrected chi connectivity index (χ1v) is 7.32. The maximum Gasteiger partial charge on any atom is 0.244 e. The molecule has 2 rings (SSSR count). The van der Waals surface area contributed by atoms with Crippen LogP contribution in [0.5, 0.6) is 0 Å². The molecular formula is C11H15N5O3S. The molecule has 0 aliphatic carbocycles. The summed E-state index contributed by atoms with van der Waals surface area (Å²) in [6.07, 6.45) is 2.31. The van der Waals surface area contributed by atoms with E-state index in [2.05, 4.69) is 19.8 Å². The number of hydrogen-bond donors (Lipinski definition) is 2. The summed E-state index contributed by atoms with van der Waals surface area (Å²) >= 11 is 0. The van der Waals surface area contributed by atoms with Crippen molar-refractivity contribution in [3.8, 4) is 0 Å². The largest absolute Gasteiger partial charge is 0.368 e. The summed E-state index contributed by atoms with van der Waals surface area (Å²) < 4.78 is 31.9. The molecule has 0 fully saturated rings. The Morgan fingerprint density at radius 1 is 1.30 bits per heavy atom. The Morgan fingerprint density at radius 3 is 2.40 bits per heavy atom. The molecule has 0 radical (unpaired) electrons. The smallest absolute Gasteiger partial charge is 0.244 e. The first-order valence-electron chi connectivity index (χ1n) is 5.84. The van der Waals surface area contributed by atoms with Crippen LogP contribution in [-0.2, 0) is 10.0 Å². The summed E-state index contributed by atoms with van der Waals surface area (Å²) in [5.41, 5.74) is 6.69. The number of rotatable bonds is 4. The molecule has 0 saturated carbocycles. The summed E-state index contributed by atoms with van der Waals surface area (Å²) in [7, 11) is -3.74. The molecule has 2 heterocycles. The number of nitrogens with zero attached hydrogens (tertiary/aromatic N) is 3. The van der Waals surface area contributed by atoms with E-state index in [9.17, 15) is 8.42 Å². The van der Waals surface area contributed by atoms with Crippen molar-refractivity contribution in [3.63, 3.8) is 0 Å². The monoisotopic (exact) mass is 297 g/mol. The van der Waals surface area contributed by atoms with Crippen LogP contribution in [-0.4, -0.2) is 23.5 Å². The minimum absolute atomic E-state index is 0.0164. The average Bonchev–Trinajstić information content (AvgIpc) is 2.69. The lowest BCUT2D eigenvalue weighted by molar-refractivity contribution is 0.391. The van der Waals surface area contributed by atoms with Gasteiger partial charge in [-0.15, -0.1) is 0 Å². The zero-order valence-electron chi connectivity index (χ0n) is 11.3. The Bertz CT molecular complexity index is 689. The molecule has 20 heavy (non-hydrogen) atoms. The molecule has 2 aromatic heterocycles. The Morgan fingerprint density at radius 2 is 1.90 bits per heavy atom. The molecule has 3 N–H and O–H groups in total. The third-order valence-electron chi connectivity index (χ3n) is 2.81.